The van der Waals surface area contributed by atoms with Crippen LogP contribution in [0.1, 0.15) is 16.8 Å². The average molecular weight is 261 g/mol. The maximum atomic E-state index is 4.24. The Balaban J connectivity index is 1.82. The van der Waals surface area contributed by atoms with Gasteiger partial charge in [0.15, 0.2) is 0 Å². The number of benzene rings is 1. The molecule has 1 aliphatic rings. The predicted molar refractivity (Wildman–Crippen MR) is 82.5 cm³/mol. The Labute approximate surface area is 117 Å². The summed E-state index contributed by atoms with van der Waals surface area (Å²) in [5, 5.41) is 1.30. The Morgan fingerprint density at radius 3 is 3.00 bits per heavy atom. The van der Waals surface area contributed by atoms with E-state index in [-0.39, 0.29) is 0 Å². The van der Waals surface area contributed by atoms with Crippen LogP contribution in [0.3, 0.4) is 0 Å². The first kappa shape index (κ1) is 11.3. The molecule has 0 aliphatic carbocycles. The first-order chi connectivity index (χ1) is 9.83. The number of rotatable bonds is 1. The molecule has 0 fully saturated rings. The van der Waals surface area contributed by atoms with Crippen molar-refractivity contribution in [1.29, 1.82) is 0 Å². The molecule has 0 saturated heterocycles. The largest absolute Gasteiger partial charge is 0.355 e. The van der Waals surface area contributed by atoms with Crippen LogP contribution in [0.5, 0.6) is 0 Å². The number of aryl methyl sites for hydroxylation is 1. The molecule has 3 heteroatoms. The lowest BCUT2D eigenvalue weighted by Gasteiger charge is -2.25. The summed E-state index contributed by atoms with van der Waals surface area (Å²) in [7, 11) is 0. The molecule has 0 bridgehead atoms. The fourth-order valence-corrected chi connectivity index (χ4v) is 2.84. The van der Waals surface area contributed by atoms with E-state index >= 15 is 0 Å². The summed E-state index contributed by atoms with van der Waals surface area (Å²) in [6.45, 7) is 3.00. The van der Waals surface area contributed by atoms with Crippen molar-refractivity contribution in [2.75, 3.05) is 4.90 Å². The second-order valence-corrected chi connectivity index (χ2v) is 5.17. The van der Waals surface area contributed by atoms with Crippen LogP contribution >= 0.6 is 0 Å². The molecule has 0 radical (unpaired) electrons. The van der Waals surface area contributed by atoms with Crippen molar-refractivity contribution in [3.05, 3.63) is 65.7 Å². The highest BCUT2D eigenvalue weighted by Crippen LogP contribution is 2.31. The lowest BCUT2D eigenvalue weighted by molar-refractivity contribution is 0.947. The molecule has 1 N–H and O–H groups in total. The third-order valence-electron chi connectivity index (χ3n) is 3.92. The lowest BCUT2D eigenvalue weighted by Crippen LogP contribution is -2.19. The van der Waals surface area contributed by atoms with Gasteiger partial charge in [-0.15, -0.1) is 0 Å². The van der Waals surface area contributed by atoms with Crippen LogP contribution in [0.15, 0.2) is 48.9 Å². The van der Waals surface area contributed by atoms with Gasteiger partial charge in [0, 0.05) is 34.6 Å². The predicted octanol–water partition coefficient (Wildman–Crippen LogP) is 3.86. The molecule has 1 aliphatic heterocycles. The molecule has 4 rings (SSSR count). The van der Waals surface area contributed by atoms with Crippen molar-refractivity contribution in [2.45, 2.75) is 13.5 Å². The van der Waals surface area contributed by atoms with Gasteiger partial charge in [-0.3, -0.25) is 4.98 Å². The van der Waals surface area contributed by atoms with Crippen molar-refractivity contribution >= 4 is 22.7 Å². The number of H-pyrrole nitrogens is 1. The number of para-hydroxylation sites is 1. The lowest BCUT2D eigenvalue weighted by atomic mass is 10.1. The van der Waals surface area contributed by atoms with Crippen LogP contribution in [0, 0.1) is 6.92 Å². The monoisotopic (exact) mass is 261 g/mol. The van der Waals surface area contributed by atoms with E-state index in [1.165, 1.54) is 33.4 Å². The molecule has 0 saturated carbocycles. The van der Waals surface area contributed by atoms with Crippen LogP contribution in [-0.4, -0.2) is 9.97 Å². The Morgan fingerprint density at radius 1 is 1.20 bits per heavy atom. The fraction of sp³-hybridized carbons (Fsp3) is 0.118. The molecule has 0 atom stereocenters. The number of pyridine rings is 1. The molecule has 0 amide bonds. The van der Waals surface area contributed by atoms with E-state index in [1.54, 1.807) is 0 Å². The number of nitrogens with zero attached hydrogens (tertiary/aromatic N) is 2. The molecule has 98 valence electrons. The minimum atomic E-state index is 0.877. The number of hydrogen-bond donors (Lipinski definition) is 1. The third kappa shape index (κ3) is 1.63. The van der Waals surface area contributed by atoms with E-state index in [0.29, 0.717) is 0 Å². The first-order valence-corrected chi connectivity index (χ1v) is 6.78. The zero-order valence-corrected chi connectivity index (χ0v) is 11.3. The van der Waals surface area contributed by atoms with Crippen molar-refractivity contribution in [2.24, 2.45) is 0 Å². The maximum absolute atomic E-state index is 4.24. The van der Waals surface area contributed by atoms with Gasteiger partial charge in [-0.05, 0) is 30.7 Å². The van der Waals surface area contributed by atoms with Gasteiger partial charge < -0.3 is 9.88 Å². The fourth-order valence-electron chi connectivity index (χ4n) is 2.84. The third-order valence-corrected chi connectivity index (χ3v) is 3.92. The molecule has 20 heavy (non-hydrogen) atoms. The molecular weight excluding hydrogens is 246 g/mol. The number of hydrogen-bond acceptors (Lipinski definition) is 2. The van der Waals surface area contributed by atoms with Crippen LogP contribution < -0.4 is 4.90 Å². The van der Waals surface area contributed by atoms with E-state index < -0.39 is 0 Å². The van der Waals surface area contributed by atoms with E-state index in [9.17, 15) is 0 Å². The van der Waals surface area contributed by atoms with Gasteiger partial charge in [0.1, 0.15) is 0 Å². The van der Waals surface area contributed by atoms with Gasteiger partial charge in [0.2, 0.25) is 0 Å². The Morgan fingerprint density at radius 2 is 2.10 bits per heavy atom. The summed E-state index contributed by atoms with van der Waals surface area (Å²) in [4.78, 5) is 9.97. The standard InChI is InChI=1S/C17H15N3/c1-12-6-8-18-10-17(12)20-9-7-16-14(11-20)13-4-2-3-5-15(13)19-16/h2-10,19H,11H2,1H3. The number of anilines is 1. The minimum Gasteiger partial charge on any atom is -0.355 e. The number of nitrogens with one attached hydrogen (secondary N) is 1. The van der Waals surface area contributed by atoms with Gasteiger partial charge in [-0.2, -0.15) is 0 Å². The Kier molecular flexibility index (Phi) is 2.39. The highest BCUT2D eigenvalue weighted by atomic mass is 15.1. The molecule has 2 aromatic heterocycles. The molecule has 3 nitrogen and oxygen atoms in total. The normalized spacial score (nSPS) is 13.8. The van der Waals surface area contributed by atoms with Crippen LogP contribution in [0.2, 0.25) is 0 Å². The number of aromatic nitrogens is 2. The highest BCUT2D eigenvalue weighted by Gasteiger charge is 2.17. The smallest absolute Gasteiger partial charge is 0.0625 e. The molecule has 0 unspecified atom stereocenters. The quantitative estimate of drug-likeness (QED) is 0.721. The minimum absolute atomic E-state index is 0.877. The zero-order valence-electron chi connectivity index (χ0n) is 11.3. The topological polar surface area (TPSA) is 31.9 Å². The van der Waals surface area contributed by atoms with E-state index in [0.717, 1.165) is 6.54 Å². The molecule has 3 aromatic rings. The second-order valence-electron chi connectivity index (χ2n) is 5.17. The summed E-state index contributed by atoms with van der Waals surface area (Å²) in [6, 6.07) is 10.5. The Hall–Kier alpha value is -2.55. The van der Waals surface area contributed by atoms with E-state index in [2.05, 4.69) is 58.3 Å². The summed E-state index contributed by atoms with van der Waals surface area (Å²) >= 11 is 0. The van der Waals surface area contributed by atoms with Crippen molar-refractivity contribution in [3.8, 4) is 0 Å². The van der Waals surface area contributed by atoms with Crippen LogP contribution in [-0.2, 0) is 6.54 Å². The molecule has 3 heterocycles. The SMILES string of the molecule is Cc1ccncc1N1C=Cc2[nH]c3ccccc3c2C1. The summed E-state index contributed by atoms with van der Waals surface area (Å²) in [5.74, 6) is 0. The molecule has 0 spiro atoms. The van der Waals surface area contributed by atoms with Gasteiger partial charge in [-0.1, -0.05) is 18.2 Å². The van der Waals surface area contributed by atoms with Gasteiger partial charge in [0.05, 0.1) is 18.4 Å². The first-order valence-electron chi connectivity index (χ1n) is 6.78. The van der Waals surface area contributed by atoms with Gasteiger partial charge >= 0.3 is 0 Å². The van der Waals surface area contributed by atoms with Crippen LogP contribution in [0.4, 0.5) is 5.69 Å². The summed E-state index contributed by atoms with van der Waals surface area (Å²) in [5.41, 5.74) is 6.18. The van der Waals surface area contributed by atoms with E-state index in [1.807, 2.05) is 18.5 Å². The average Bonchev–Trinajstić information content (AvgIpc) is 2.85. The molecular formula is C17H15N3. The van der Waals surface area contributed by atoms with E-state index in [4.69, 9.17) is 0 Å². The summed E-state index contributed by atoms with van der Waals surface area (Å²) < 4.78 is 0. The van der Waals surface area contributed by atoms with Gasteiger partial charge in [0.25, 0.3) is 0 Å². The summed E-state index contributed by atoms with van der Waals surface area (Å²) in [6.07, 6.45) is 8.04. The highest BCUT2D eigenvalue weighted by molar-refractivity contribution is 5.88. The number of fused-ring (bicyclic) bond motifs is 3. The molecule has 1 aromatic carbocycles. The Bertz CT molecular complexity index is 814. The maximum Gasteiger partial charge on any atom is 0.0625 e. The van der Waals surface area contributed by atoms with Gasteiger partial charge in [-0.25, -0.2) is 0 Å². The second kappa shape index (κ2) is 4.23. The van der Waals surface area contributed by atoms with Crippen LogP contribution in [0.25, 0.3) is 17.0 Å². The zero-order chi connectivity index (χ0) is 13.5. The van der Waals surface area contributed by atoms with Crippen molar-refractivity contribution < 1.29 is 0 Å². The van der Waals surface area contributed by atoms with Crippen molar-refractivity contribution in [1.82, 2.24) is 9.97 Å². The van der Waals surface area contributed by atoms with Crippen molar-refractivity contribution in [3.63, 3.8) is 0 Å². The number of aromatic amines is 1.